The van der Waals surface area contributed by atoms with E-state index in [0.29, 0.717) is 12.3 Å². The van der Waals surface area contributed by atoms with E-state index in [0.717, 1.165) is 22.4 Å². The number of aromatic nitrogens is 2. The van der Waals surface area contributed by atoms with E-state index in [2.05, 4.69) is 23.4 Å². The van der Waals surface area contributed by atoms with Crippen LogP contribution in [-0.4, -0.2) is 20.6 Å². The van der Waals surface area contributed by atoms with Crippen molar-refractivity contribution in [3.8, 4) is 0 Å². The summed E-state index contributed by atoms with van der Waals surface area (Å²) in [5.41, 5.74) is 2.28. The molecule has 0 fully saturated rings. The molecule has 0 bridgehead atoms. The van der Waals surface area contributed by atoms with Crippen molar-refractivity contribution < 1.29 is 9.90 Å². The summed E-state index contributed by atoms with van der Waals surface area (Å²) < 4.78 is 2.10. The first-order chi connectivity index (χ1) is 9.22. The summed E-state index contributed by atoms with van der Waals surface area (Å²) in [4.78, 5) is 15.9. The third-order valence-corrected chi connectivity index (χ3v) is 3.72. The van der Waals surface area contributed by atoms with Crippen molar-refractivity contribution in [1.29, 1.82) is 0 Å². The molecule has 0 saturated heterocycles. The Labute approximate surface area is 119 Å². The lowest BCUT2D eigenvalue weighted by Crippen LogP contribution is -2.26. The molecule has 0 amide bonds. The lowest BCUT2D eigenvalue weighted by Gasteiger charge is -2.18. The maximum atomic E-state index is 11.2. The van der Waals surface area contributed by atoms with Gasteiger partial charge in [0.05, 0.1) is 16.4 Å². The Hall–Kier alpha value is -1.84. The molecule has 0 saturated carbocycles. The number of carbonyl (C=O) groups is 1. The number of carboxylic acids is 1. The molecule has 0 aliphatic carbocycles. The summed E-state index contributed by atoms with van der Waals surface area (Å²) in [5.74, 6) is 0.641. The number of rotatable bonds is 4. The molecule has 0 aliphatic heterocycles. The van der Waals surface area contributed by atoms with Crippen LogP contribution in [0.15, 0.2) is 18.2 Å². The van der Waals surface area contributed by atoms with Crippen LogP contribution in [0.3, 0.4) is 0 Å². The number of aliphatic carboxylic acids is 1. The lowest BCUT2D eigenvalue weighted by molar-refractivity contribution is -0.146. The average molecular weight is 274 g/mol. The van der Waals surface area contributed by atoms with E-state index in [1.165, 1.54) is 0 Å². The van der Waals surface area contributed by atoms with Crippen molar-refractivity contribution in [2.45, 2.75) is 40.0 Å². The second kappa shape index (κ2) is 4.93. The summed E-state index contributed by atoms with van der Waals surface area (Å²) in [6.45, 7) is 7.74. The van der Waals surface area contributed by atoms with Gasteiger partial charge in [-0.05, 0) is 38.0 Å². The first kappa shape index (κ1) is 14.6. The number of fused-ring (bicyclic) bond motifs is 1. The average Bonchev–Trinajstić information content (AvgIpc) is 2.66. The van der Waals surface area contributed by atoms with Crippen molar-refractivity contribution in [2.24, 2.45) is 12.5 Å². The van der Waals surface area contributed by atoms with Gasteiger partial charge in [-0.3, -0.25) is 4.79 Å². The van der Waals surface area contributed by atoms with Gasteiger partial charge in [0, 0.05) is 13.0 Å². The van der Waals surface area contributed by atoms with Crippen LogP contribution < -0.4 is 0 Å². The number of hydrogen-bond donors (Lipinski definition) is 1. The molecule has 0 spiro atoms. The largest absolute Gasteiger partial charge is 0.481 e. The summed E-state index contributed by atoms with van der Waals surface area (Å²) in [6, 6.07) is 6.03. The van der Waals surface area contributed by atoms with E-state index < -0.39 is 11.4 Å². The minimum atomic E-state index is -0.776. The highest BCUT2D eigenvalue weighted by molar-refractivity contribution is 5.78. The second-order valence-electron chi connectivity index (χ2n) is 6.37. The topological polar surface area (TPSA) is 55.1 Å². The Bertz CT molecular complexity index is 654. The highest BCUT2D eigenvalue weighted by Gasteiger charge is 2.27. The van der Waals surface area contributed by atoms with Crippen molar-refractivity contribution >= 4 is 17.0 Å². The van der Waals surface area contributed by atoms with E-state index in [4.69, 9.17) is 0 Å². The van der Waals surface area contributed by atoms with E-state index in [9.17, 15) is 9.90 Å². The van der Waals surface area contributed by atoms with Crippen LogP contribution in [0.4, 0.5) is 0 Å². The number of imidazole rings is 1. The Morgan fingerprint density at radius 3 is 2.60 bits per heavy atom. The zero-order valence-corrected chi connectivity index (χ0v) is 12.8. The van der Waals surface area contributed by atoms with Gasteiger partial charge >= 0.3 is 5.97 Å². The smallest absolute Gasteiger partial charge is 0.309 e. The van der Waals surface area contributed by atoms with Crippen LogP contribution in [0, 0.1) is 5.41 Å². The maximum absolute atomic E-state index is 11.2. The molecule has 1 N–H and O–H groups in total. The molecule has 1 aromatic carbocycles. The Morgan fingerprint density at radius 1 is 1.40 bits per heavy atom. The van der Waals surface area contributed by atoms with Crippen molar-refractivity contribution in [1.82, 2.24) is 9.55 Å². The Morgan fingerprint density at radius 2 is 2.05 bits per heavy atom. The first-order valence-electron chi connectivity index (χ1n) is 6.91. The number of aryl methyl sites for hydroxylation is 1. The van der Waals surface area contributed by atoms with Crippen molar-refractivity contribution in [2.75, 3.05) is 0 Å². The molecular formula is C16H22N2O2. The highest BCUT2D eigenvalue weighted by Crippen LogP contribution is 2.26. The molecule has 1 aromatic heterocycles. The van der Waals surface area contributed by atoms with Gasteiger partial charge in [0.2, 0.25) is 0 Å². The van der Waals surface area contributed by atoms with Gasteiger partial charge in [-0.2, -0.15) is 0 Å². The molecule has 0 aliphatic rings. The van der Waals surface area contributed by atoms with Gasteiger partial charge in [-0.15, -0.1) is 0 Å². The number of benzene rings is 1. The zero-order valence-electron chi connectivity index (χ0n) is 12.8. The molecule has 2 rings (SSSR count). The van der Waals surface area contributed by atoms with E-state index in [1.807, 2.05) is 25.2 Å². The number of carboxylic acid groups (broad SMARTS) is 1. The molecule has 2 aromatic rings. The molecule has 0 unspecified atom stereocenters. The van der Waals surface area contributed by atoms with Crippen LogP contribution >= 0.6 is 0 Å². The summed E-state index contributed by atoms with van der Waals surface area (Å²) >= 11 is 0. The van der Waals surface area contributed by atoms with E-state index >= 15 is 0 Å². The van der Waals surface area contributed by atoms with Gasteiger partial charge in [0.1, 0.15) is 5.82 Å². The molecule has 1 heterocycles. The quantitative estimate of drug-likeness (QED) is 0.930. The van der Waals surface area contributed by atoms with Crippen LogP contribution in [0.1, 0.15) is 45.0 Å². The second-order valence-corrected chi connectivity index (χ2v) is 6.37. The minimum absolute atomic E-state index is 0.367. The summed E-state index contributed by atoms with van der Waals surface area (Å²) in [7, 11) is 2.02. The van der Waals surface area contributed by atoms with Crippen LogP contribution in [0.2, 0.25) is 0 Å². The summed E-state index contributed by atoms with van der Waals surface area (Å²) in [6.07, 6.45) is 0.506. The highest BCUT2D eigenvalue weighted by atomic mass is 16.4. The van der Waals surface area contributed by atoms with Gasteiger partial charge in [-0.25, -0.2) is 4.98 Å². The van der Waals surface area contributed by atoms with Gasteiger partial charge in [-0.1, -0.05) is 19.9 Å². The van der Waals surface area contributed by atoms with Crippen molar-refractivity contribution in [3.63, 3.8) is 0 Å². The Kier molecular flexibility index (Phi) is 3.59. The molecule has 0 radical (unpaired) electrons. The first-order valence-corrected chi connectivity index (χ1v) is 6.91. The van der Waals surface area contributed by atoms with Crippen LogP contribution in [-0.2, 0) is 18.3 Å². The standard InChI is InChI=1S/C16H22N2O2/c1-10(2)14-17-12-8-11(6-7-13(12)18(14)5)9-16(3,4)15(19)20/h6-8,10H,9H2,1-5H3,(H,19,20). The van der Waals surface area contributed by atoms with E-state index in [-0.39, 0.29) is 0 Å². The fourth-order valence-electron chi connectivity index (χ4n) is 2.48. The third kappa shape index (κ3) is 2.55. The predicted molar refractivity (Wildman–Crippen MR) is 79.9 cm³/mol. The fourth-order valence-corrected chi connectivity index (χ4v) is 2.48. The normalized spacial score (nSPS) is 12.3. The molecular weight excluding hydrogens is 252 g/mol. The third-order valence-electron chi connectivity index (χ3n) is 3.72. The van der Waals surface area contributed by atoms with Gasteiger partial charge < -0.3 is 9.67 Å². The maximum Gasteiger partial charge on any atom is 0.309 e. The molecule has 4 nitrogen and oxygen atoms in total. The molecule has 4 heteroatoms. The zero-order chi connectivity index (χ0) is 15.1. The van der Waals surface area contributed by atoms with E-state index in [1.54, 1.807) is 13.8 Å². The SMILES string of the molecule is CC(C)c1nc2cc(CC(C)(C)C(=O)O)ccc2n1C. The molecule has 20 heavy (non-hydrogen) atoms. The molecule has 108 valence electrons. The number of hydrogen-bond acceptors (Lipinski definition) is 2. The number of nitrogens with zero attached hydrogens (tertiary/aromatic N) is 2. The monoisotopic (exact) mass is 274 g/mol. The summed E-state index contributed by atoms with van der Waals surface area (Å²) in [5, 5.41) is 9.22. The van der Waals surface area contributed by atoms with Gasteiger partial charge in [0.15, 0.2) is 0 Å². The lowest BCUT2D eigenvalue weighted by atomic mass is 9.86. The Balaban J connectivity index is 2.42. The fraction of sp³-hybridized carbons (Fsp3) is 0.500. The van der Waals surface area contributed by atoms with Crippen molar-refractivity contribution in [3.05, 3.63) is 29.6 Å². The molecule has 0 atom stereocenters. The van der Waals surface area contributed by atoms with Crippen LogP contribution in [0.5, 0.6) is 0 Å². The minimum Gasteiger partial charge on any atom is -0.481 e. The van der Waals surface area contributed by atoms with Gasteiger partial charge in [0.25, 0.3) is 0 Å². The predicted octanol–water partition coefficient (Wildman–Crippen LogP) is 3.35. The van der Waals surface area contributed by atoms with Crippen LogP contribution in [0.25, 0.3) is 11.0 Å².